The third kappa shape index (κ3) is 1.61. The molecule has 3 nitrogen and oxygen atoms in total. The normalized spacial score (nSPS) is 10.5. The maximum atomic E-state index is 10.6. The largest absolute Gasteiger partial charge is 0.366 e. The van der Waals surface area contributed by atoms with Crippen molar-refractivity contribution in [2.75, 3.05) is 0 Å². The number of aromatic nitrogens is 1. The van der Waals surface area contributed by atoms with Crippen molar-refractivity contribution in [3.63, 3.8) is 0 Å². The number of nitrogens with two attached hydrogens (primary N) is 1. The van der Waals surface area contributed by atoms with Crippen LogP contribution in [0.3, 0.4) is 0 Å². The molecule has 3 heteroatoms. The molecule has 0 aromatic carbocycles. The summed E-state index contributed by atoms with van der Waals surface area (Å²) in [5.74, 6) is 0.0243. The van der Waals surface area contributed by atoms with Gasteiger partial charge < -0.3 is 10.7 Å². The number of aromatic amines is 1. The van der Waals surface area contributed by atoms with Crippen LogP contribution in [-0.4, -0.2) is 10.9 Å². The molecule has 0 atom stereocenters. The minimum Gasteiger partial charge on any atom is -0.366 e. The number of rotatable bonds is 2. The first kappa shape index (κ1) is 7.85. The molecule has 1 aromatic heterocycles. The molecule has 3 N–H and O–H groups in total. The van der Waals surface area contributed by atoms with E-state index in [1.807, 2.05) is 0 Å². The van der Waals surface area contributed by atoms with E-state index >= 15 is 0 Å². The summed E-state index contributed by atoms with van der Waals surface area (Å²) in [6.07, 6.45) is 1.64. The molecule has 1 heterocycles. The van der Waals surface area contributed by atoms with Crippen molar-refractivity contribution in [2.45, 2.75) is 19.8 Å². The lowest BCUT2D eigenvalue weighted by molar-refractivity contribution is 0.100. The number of nitrogens with one attached hydrogen (secondary N) is 1. The molecular weight excluding hydrogens is 140 g/mol. The first-order chi connectivity index (χ1) is 5.11. The lowest BCUT2D eigenvalue weighted by Crippen LogP contribution is -2.09. The van der Waals surface area contributed by atoms with Crippen LogP contribution in [0.15, 0.2) is 12.3 Å². The van der Waals surface area contributed by atoms with Gasteiger partial charge in [-0.05, 0) is 12.0 Å². The second-order valence-corrected chi connectivity index (χ2v) is 2.86. The highest BCUT2D eigenvalue weighted by Gasteiger charge is 2.05. The van der Waals surface area contributed by atoms with Crippen LogP contribution >= 0.6 is 0 Å². The summed E-state index contributed by atoms with van der Waals surface area (Å²) in [6, 6.07) is 1.78. The molecule has 0 saturated heterocycles. The third-order valence-corrected chi connectivity index (χ3v) is 1.61. The van der Waals surface area contributed by atoms with Gasteiger partial charge in [0.2, 0.25) is 5.91 Å². The fourth-order valence-electron chi connectivity index (χ4n) is 0.888. The Morgan fingerprint density at radius 1 is 1.64 bits per heavy atom. The number of hydrogen-bond acceptors (Lipinski definition) is 1. The lowest BCUT2D eigenvalue weighted by atomic mass is 10.1. The van der Waals surface area contributed by atoms with Gasteiger partial charge in [-0.25, -0.2) is 0 Å². The highest BCUT2D eigenvalue weighted by molar-refractivity contribution is 5.92. The van der Waals surface area contributed by atoms with E-state index in [4.69, 9.17) is 5.73 Å². The molecule has 1 aromatic rings. The first-order valence-corrected chi connectivity index (χ1v) is 3.59. The molecule has 0 aliphatic carbocycles. The molecule has 60 valence electrons. The van der Waals surface area contributed by atoms with Crippen molar-refractivity contribution in [3.8, 4) is 0 Å². The Kier molecular flexibility index (Phi) is 1.98. The Balaban J connectivity index is 2.90. The fourth-order valence-corrected chi connectivity index (χ4v) is 0.888. The number of primary amides is 1. The smallest absolute Gasteiger partial charge is 0.250 e. The van der Waals surface area contributed by atoms with Gasteiger partial charge in [0.25, 0.3) is 0 Å². The van der Waals surface area contributed by atoms with Crippen molar-refractivity contribution in [2.24, 2.45) is 5.73 Å². The van der Waals surface area contributed by atoms with Gasteiger partial charge in [0.05, 0.1) is 5.56 Å². The molecule has 11 heavy (non-hydrogen) atoms. The summed E-state index contributed by atoms with van der Waals surface area (Å²) >= 11 is 0. The summed E-state index contributed by atoms with van der Waals surface area (Å²) in [4.78, 5) is 13.6. The number of carbonyl (C=O) groups excluding carboxylic acids is 1. The Morgan fingerprint density at radius 3 is 2.55 bits per heavy atom. The molecule has 0 fully saturated rings. The van der Waals surface area contributed by atoms with Crippen molar-refractivity contribution in [1.82, 2.24) is 4.98 Å². The summed E-state index contributed by atoms with van der Waals surface area (Å²) in [5.41, 5.74) is 6.66. The number of hydrogen-bond donors (Lipinski definition) is 2. The van der Waals surface area contributed by atoms with E-state index in [1.54, 1.807) is 12.3 Å². The fraction of sp³-hybridized carbons (Fsp3) is 0.375. The minimum atomic E-state index is -0.381. The van der Waals surface area contributed by atoms with Gasteiger partial charge in [-0.2, -0.15) is 0 Å². The SMILES string of the molecule is CC(C)c1cc(C(N)=O)c[nH]1. The zero-order chi connectivity index (χ0) is 8.43. The van der Waals surface area contributed by atoms with Crippen molar-refractivity contribution < 1.29 is 4.79 Å². The van der Waals surface area contributed by atoms with E-state index in [9.17, 15) is 4.79 Å². The average Bonchev–Trinajstić information content (AvgIpc) is 2.33. The molecule has 1 amide bonds. The van der Waals surface area contributed by atoms with Gasteiger partial charge in [-0.15, -0.1) is 0 Å². The van der Waals surface area contributed by atoms with Crippen molar-refractivity contribution in [3.05, 3.63) is 23.5 Å². The summed E-state index contributed by atoms with van der Waals surface area (Å²) < 4.78 is 0. The van der Waals surface area contributed by atoms with Gasteiger partial charge in [0.1, 0.15) is 0 Å². The molecule has 0 spiro atoms. The molecule has 0 unspecified atom stereocenters. The van der Waals surface area contributed by atoms with Crippen molar-refractivity contribution >= 4 is 5.91 Å². The van der Waals surface area contributed by atoms with E-state index in [0.29, 0.717) is 11.5 Å². The van der Waals surface area contributed by atoms with Gasteiger partial charge >= 0.3 is 0 Å². The average molecular weight is 152 g/mol. The number of amides is 1. The predicted octanol–water partition coefficient (Wildman–Crippen LogP) is 1.24. The maximum absolute atomic E-state index is 10.6. The molecular formula is C8H12N2O. The molecule has 0 bridgehead atoms. The zero-order valence-corrected chi connectivity index (χ0v) is 6.72. The third-order valence-electron chi connectivity index (χ3n) is 1.61. The highest BCUT2D eigenvalue weighted by Crippen LogP contribution is 2.13. The Labute approximate surface area is 65.6 Å². The molecule has 0 aliphatic heterocycles. The molecule has 0 aliphatic rings. The van der Waals surface area contributed by atoms with Crippen LogP contribution in [-0.2, 0) is 0 Å². The highest BCUT2D eigenvalue weighted by atomic mass is 16.1. The molecule has 0 saturated carbocycles. The van der Waals surface area contributed by atoms with Crippen LogP contribution in [0.1, 0.15) is 35.8 Å². The maximum Gasteiger partial charge on any atom is 0.250 e. The van der Waals surface area contributed by atoms with Crippen LogP contribution in [0.4, 0.5) is 0 Å². The van der Waals surface area contributed by atoms with Crippen LogP contribution in [0, 0.1) is 0 Å². The van der Waals surface area contributed by atoms with Gasteiger partial charge in [-0.3, -0.25) is 4.79 Å². The quantitative estimate of drug-likeness (QED) is 0.658. The first-order valence-electron chi connectivity index (χ1n) is 3.59. The van der Waals surface area contributed by atoms with Crippen LogP contribution in [0.2, 0.25) is 0 Å². The van der Waals surface area contributed by atoms with Crippen LogP contribution in [0.5, 0.6) is 0 Å². The van der Waals surface area contributed by atoms with Crippen LogP contribution < -0.4 is 5.73 Å². The summed E-state index contributed by atoms with van der Waals surface area (Å²) in [7, 11) is 0. The van der Waals surface area contributed by atoms with Crippen LogP contribution in [0.25, 0.3) is 0 Å². The monoisotopic (exact) mass is 152 g/mol. The second kappa shape index (κ2) is 2.78. The van der Waals surface area contributed by atoms with Gasteiger partial charge in [0.15, 0.2) is 0 Å². The Morgan fingerprint density at radius 2 is 2.27 bits per heavy atom. The van der Waals surface area contributed by atoms with E-state index < -0.39 is 0 Å². The molecule has 0 radical (unpaired) electrons. The molecule has 1 rings (SSSR count). The Hall–Kier alpha value is -1.25. The summed E-state index contributed by atoms with van der Waals surface area (Å²) in [6.45, 7) is 4.10. The topological polar surface area (TPSA) is 58.9 Å². The van der Waals surface area contributed by atoms with Gasteiger partial charge in [0, 0.05) is 11.9 Å². The second-order valence-electron chi connectivity index (χ2n) is 2.86. The zero-order valence-electron chi connectivity index (χ0n) is 6.72. The van der Waals surface area contributed by atoms with E-state index in [-0.39, 0.29) is 5.91 Å². The number of H-pyrrole nitrogens is 1. The van der Waals surface area contributed by atoms with E-state index in [0.717, 1.165) is 5.69 Å². The minimum absolute atomic E-state index is 0.381. The van der Waals surface area contributed by atoms with E-state index in [2.05, 4.69) is 18.8 Å². The number of carbonyl (C=O) groups is 1. The van der Waals surface area contributed by atoms with Gasteiger partial charge in [-0.1, -0.05) is 13.8 Å². The van der Waals surface area contributed by atoms with E-state index in [1.165, 1.54) is 0 Å². The van der Waals surface area contributed by atoms with Crippen molar-refractivity contribution in [1.29, 1.82) is 0 Å². The Bertz CT molecular complexity index is 263. The predicted molar refractivity (Wildman–Crippen MR) is 43.4 cm³/mol. The summed E-state index contributed by atoms with van der Waals surface area (Å²) in [5, 5.41) is 0. The lowest BCUT2D eigenvalue weighted by Gasteiger charge is -1.97. The standard InChI is InChI=1S/C8H12N2O/c1-5(2)7-3-6(4-10-7)8(9)11/h3-5,10H,1-2H3,(H2,9,11).